The Hall–Kier alpha value is -3.35. The van der Waals surface area contributed by atoms with Gasteiger partial charge in [0.25, 0.3) is 5.91 Å². The quantitative estimate of drug-likeness (QED) is 0.718. The fourth-order valence-corrected chi connectivity index (χ4v) is 2.23. The molecule has 0 bridgehead atoms. The van der Waals surface area contributed by atoms with E-state index in [9.17, 15) is 4.79 Å². The SMILES string of the molecule is COc1ccc(CNC(=O)c2cncc(Nc3cc(C)on3)c2)cc1. The number of pyridine rings is 1. The van der Waals surface area contributed by atoms with E-state index in [1.54, 1.807) is 32.4 Å². The Balaban J connectivity index is 1.62. The third-order valence-corrected chi connectivity index (χ3v) is 3.51. The van der Waals surface area contributed by atoms with Gasteiger partial charge in [0.2, 0.25) is 0 Å². The van der Waals surface area contributed by atoms with Crippen molar-refractivity contribution in [2.45, 2.75) is 13.5 Å². The van der Waals surface area contributed by atoms with Crippen LogP contribution in [-0.2, 0) is 6.54 Å². The van der Waals surface area contributed by atoms with Gasteiger partial charge in [-0.3, -0.25) is 9.78 Å². The van der Waals surface area contributed by atoms with Gasteiger partial charge in [0.1, 0.15) is 11.5 Å². The maximum atomic E-state index is 12.3. The zero-order valence-electron chi connectivity index (χ0n) is 13.9. The van der Waals surface area contributed by atoms with Gasteiger partial charge in [-0.05, 0) is 30.7 Å². The van der Waals surface area contributed by atoms with E-state index in [0.29, 0.717) is 29.4 Å². The third-order valence-electron chi connectivity index (χ3n) is 3.51. The standard InChI is InChI=1S/C18H18N4O3/c1-12-7-17(22-25-12)21-15-8-14(10-19-11-15)18(23)20-9-13-3-5-16(24-2)6-4-13/h3-8,10-11H,9H2,1-2H3,(H,20,23)(H,21,22). The van der Waals surface area contributed by atoms with Gasteiger partial charge in [0.05, 0.1) is 24.6 Å². The molecule has 0 aliphatic carbocycles. The fourth-order valence-electron chi connectivity index (χ4n) is 2.23. The first-order valence-corrected chi connectivity index (χ1v) is 7.70. The molecule has 7 heteroatoms. The minimum atomic E-state index is -0.205. The Morgan fingerprint density at radius 1 is 1.20 bits per heavy atom. The lowest BCUT2D eigenvalue weighted by Crippen LogP contribution is -2.23. The van der Waals surface area contributed by atoms with Crippen LogP contribution in [0.2, 0.25) is 0 Å². The van der Waals surface area contributed by atoms with Crippen molar-refractivity contribution in [3.63, 3.8) is 0 Å². The Morgan fingerprint density at radius 3 is 2.68 bits per heavy atom. The molecule has 0 unspecified atom stereocenters. The van der Waals surface area contributed by atoms with Crippen molar-refractivity contribution in [3.05, 3.63) is 65.7 Å². The number of ether oxygens (including phenoxy) is 1. The summed E-state index contributed by atoms with van der Waals surface area (Å²) in [6.07, 6.45) is 3.13. The van der Waals surface area contributed by atoms with Crippen molar-refractivity contribution in [1.82, 2.24) is 15.5 Å². The number of nitrogens with zero attached hydrogens (tertiary/aromatic N) is 2. The van der Waals surface area contributed by atoms with Gasteiger partial charge in [-0.1, -0.05) is 17.3 Å². The van der Waals surface area contributed by atoms with Crippen LogP contribution in [-0.4, -0.2) is 23.2 Å². The first-order chi connectivity index (χ1) is 12.1. The van der Waals surface area contributed by atoms with Crippen molar-refractivity contribution in [3.8, 4) is 5.75 Å². The molecule has 2 N–H and O–H groups in total. The van der Waals surface area contributed by atoms with Crippen LogP contribution >= 0.6 is 0 Å². The molecule has 2 aromatic heterocycles. The number of carbonyl (C=O) groups excluding carboxylic acids is 1. The second kappa shape index (κ2) is 7.48. The molecule has 3 rings (SSSR count). The summed E-state index contributed by atoms with van der Waals surface area (Å²) in [5, 5.41) is 9.76. The lowest BCUT2D eigenvalue weighted by Gasteiger charge is -2.08. The first kappa shape index (κ1) is 16.5. The molecule has 0 saturated heterocycles. The van der Waals surface area contributed by atoms with E-state index in [1.807, 2.05) is 24.3 Å². The average molecular weight is 338 g/mol. The molecule has 2 heterocycles. The van der Waals surface area contributed by atoms with E-state index < -0.39 is 0 Å². The summed E-state index contributed by atoms with van der Waals surface area (Å²) >= 11 is 0. The molecular weight excluding hydrogens is 320 g/mol. The predicted molar refractivity (Wildman–Crippen MR) is 92.9 cm³/mol. The van der Waals surface area contributed by atoms with Gasteiger partial charge >= 0.3 is 0 Å². The summed E-state index contributed by atoms with van der Waals surface area (Å²) in [6, 6.07) is 11.0. The van der Waals surface area contributed by atoms with Crippen molar-refractivity contribution >= 4 is 17.4 Å². The van der Waals surface area contributed by atoms with E-state index in [-0.39, 0.29) is 5.91 Å². The van der Waals surface area contributed by atoms with Crippen molar-refractivity contribution in [2.75, 3.05) is 12.4 Å². The number of anilines is 2. The smallest absolute Gasteiger partial charge is 0.253 e. The average Bonchev–Trinajstić information content (AvgIpc) is 3.05. The van der Waals surface area contributed by atoms with Crippen LogP contribution in [0.4, 0.5) is 11.5 Å². The normalized spacial score (nSPS) is 10.3. The number of aromatic nitrogens is 2. The minimum Gasteiger partial charge on any atom is -0.497 e. The summed E-state index contributed by atoms with van der Waals surface area (Å²) in [5.41, 5.74) is 2.10. The molecule has 25 heavy (non-hydrogen) atoms. The summed E-state index contributed by atoms with van der Waals surface area (Å²) in [7, 11) is 1.62. The van der Waals surface area contributed by atoms with Gasteiger partial charge in [0.15, 0.2) is 5.82 Å². The Morgan fingerprint density at radius 2 is 2.00 bits per heavy atom. The van der Waals surface area contributed by atoms with E-state index in [1.165, 1.54) is 6.20 Å². The zero-order valence-corrected chi connectivity index (χ0v) is 13.9. The summed E-state index contributed by atoms with van der Waals surface area (Å²) in [4.78, 5) is 16.4. The molecule has 0 atom stereocenters. The molecule has 0 aliphatic rings. The molecule has 3 aromatic rings. The maximum absolute atomic E-state index is 12.3. The van der Waals surface area contributed by atoms with Crippen LogP contribution in [0, 0.1) is 6.92 Å². The van der Waals surface area contributed by atoms with Crippen molar-refractivity contribution in [2.24, 2.45) is 0 Å². The molecule has 0 saturated carbocycles. The van der Waals surface area contributed by atoms with Crippen molar-refractivity contribution < 1.29 is 14.1 Å². The molecule has 1 amide bonds. The van der Waals surface area contributed by atoms with Gasteiger partial charge < -0.3 is 19.9 Å². The molecular formula is C18H18N4O3. The fraction of sp³-hybridized carbons (Fsp3) is 0.167. The van der Waals surface area contributed by atoms with Gasteiger partial charge in [-0.2, -0.15) is 0 Å². The molecule has 0 radical (unpaired) electrons. The number of benzene rings is 1. The molecule has 0 fully saturated rings. The number of aryl methyl sites for hydroxylation is 1. The number of hydrogen-bond acceptors (Lipinski definition) is 6. The monoisotopic (exact) mass is 338 g/mol. The second-order valence-electron chi connectivity index (χ2n) is 5.44. The summed E-state index contributed by atoms with van der Waals surface area (Å²) < 4.78 is 10.1. The topological polar surface area (TPSA) is 89.3 Å². The number of carbonyl (C=O) groups is 1. The van der Waals surface area contributed by atoms with Crippen LogP contribution in [0.1, 0.15) is 21.7 Å². The highest BCUT2D eigenvalue weighted by molar-refractivity contribution is 5.94. The number of amides is 1. The number of nitrogens with one attached hydrogen (secondary N) is 2. The maximum Gasteiger partial charge on any atom is 0.253 e. The summed E-state index contributed by atoms with van der Waals surface area (Å²) in [5.74, 6) is 1.84. The molecule has 128 valence electrons. The van der Waals surface area contributed by atoms with Crippen LogP contribution < -0.4 is 15.4 Å². The molecule has 0 aliphatic heterocycles. The van der Waals surface area contributed by atoms with E-state index in [2.05, 4.69) is 20.8 Å². The summed E-state index contributed by atoms with van der Waals surface area (Å²) in [6.45, 7) is 2.22. The highest BCUT2D eigenvalue weighted by atomic mass is 16.5. The minimum absolute atomic E-state index is 0.205. The van der Waals surface area contributed by atoms with E-state index in [4.69, 9.17) is 9.26 Å². The highest BCUT2D eigenvalue weighted by Crippen LogP contribution is 2.16. The molecule has 1 aromatic carbocycles. The van der Waals surface area contributed by atoms with Crippen LogP contribution in [0.5, 0.6) is 5.75 Å². The van der Waals surface area contributed by atoms with Crippen LogP contribution in [0.25, 0.3) is 0 Å². The largest absolute Gasteiger partial charge is 0.497 e. The number of methoxy groups -OCH3 is 1. The van der Waals surface area contributed by atoms with Crippen LogP contribution in [0.15, 0.2) is 53.3 Å². The highest BCUT2D eigenvalue weighted by Gasteiger charge is 2.08. The predicted octanol–water partition coefficient (Wildman–Crippen LogP) is 3.06. The third kappa shape index (κ3) is 4.35. The van der Waals surface area contributed by atoms with E-state index in [0.717, 1.165) is 11.3 Å². The van der Waals surface area contributed by atoms with Gasteiger partial charge in [-0.25, -0.2) is 0 Å². The first-order valence-electron chi connectivity index (χ1n) is 7.70. The Kier molecular flexibility index (Phi) is 4.94. The van der Waals surface area contributed by atoms with Gasteiger partial charge in [0, 0.05) is 18.8 Å². The Labute approximate surface area is 145 Å². The lowest BCUT2D eigenvalue weighted by atomic mass is 10.2. The number of hydrogen-bond donors (Lipinski definition) is 2. The van der Waals surface area contributed by atoms with E-state index >= 15 is 0 Å². The van der Waals surface area contributed by atoms with Gasteiger partial charge in [-0.15, -0.1) is 0 Å². The molecule has 7 nitrogen and oxygen atoms in total. The molecule has 0 spiro atoms. The second-order valence-corrected chi connectivity index (χ2v) is 5.44. The van der Waals surface area contributed by atoms with Crippen LogP contribution in [0.3, 0.4) is 0 Å². The van der Waals surface area contributed by atoms with Crippen molar-refractivity contribution in [1.29, 1.82) is 0 Å². The zero-order chi connectivity index (χ0) is 17.6. The number of rotatable bonds is 6. The Bertz CT molecular complexity index is 859. The lowest BCUT2D eigenvalue weighted by molar-refractivity contribution is 0.0950.